The molecule has 1 heteroatoms. The third-order valence-corrected chi connectivity index (χ3v) is 1.06. The molecule has 0 atom stereocenters. The zero-order chi connectivity index (χ0) is 6.24. The fourth-order valence-corrected chi connectivity index (χ4v) is 0.558. The summed E-state index contributed by atoms with van der Waals surface area (Å²) in [7, 11) is 0. The average Bonchev–Trinajstić information content (AvgIpc) is 1.81. The van der Waals surface area contributed by atoms with Crippen LogP contribution in [0.5, 0.6) is 0 Å². The van der Waals surface area contributed by atoms with Gasteiger partial charge in [-0.2, -0.15) is 6.42 Å². The van der Waals surface area contributed by atoms with Crippen molar-refractivity contribution in [3.63, 3.8) is 0 Å². The minimum Gasteiger partial charge on any atom is -0.358 e. The van der Waals surface area contributed by atoms with Crippen LogP contribution < -0.4 is 0 Å². The molecule has 0 amide bonds. The van der Waals surface area contributed by atoms with Gasteiger partial charge in [-0.25, -0.2) is 0 Å². The molecule has 0 heterocycles. The number of hydrogen-bond donors (Lipinski definition) is 0. The quantitative estimate of drug-likeness (QED) is 0.383. The first-order valence-electron chi connectivity index (χ1n) is 3.36. The van der Waals surface area contributed by atoms with E-state index in [2.05, 4.69) is 26.0 Å². The molecule has 0 aromatic carbocycles. The molecular weight excluding hydrogens is 197 g/mol. The first-order chi connectivity index (χ1) is 3.91. The van der Waals surface area contributed by atoms with Gasteiger partial charge in [0, 0.05) is 0 Å². The third kappa shape index (κ3) is 15.9. The zero-order valence-corrected chi connectivity index (χ0v) is 10.1. The molecule has 0 spiro atoms. The van der Waals surface area contributed by atoms with Crippen molar-refractivity contribution in [2.24, 2.45) is 0 Å². The normalized spacial score (nSPS) is 8.60. The predicted octanol–water partition coefficient (Wildman–Crippen LogP) is 3.40. The van der Waals surface area contributed by atoms with E-state index in [9.17, 15) is 0 Å². The average molecular weight is 215 g/mol. The summed E-state index contributed by atoms with van der Waals surface area (Å²) in [6.07, 6.45) is 9.10. The van der Waals surface area contributed by atoms with Crippen molar-refractivity contribution in [1.82, 2.24) is 0 Å². The molecule has 56 valence electrons. The largest absolute Gasteiger partial charge is 3.00 e. The monoisotopic (exact) mass is 215 g/mol. The molecule has 0 aromatic rings. The summed E-state index contributed by atoms with van der Waals surface area (Å²) in [6.45, 7) is 5.90. The van der Waals surface area contributed by atoms with E-state index in [1.165, 1.54) is 19.3 Å². The van der Waals surface area contributed by atoms with Crippen LogP contribution in [0.3, 0.4) is 0 Å². The van der Waals surface area contributed by atoms with E-state index in [1.807, 2.05) is 0 Å². The molecule has 0 N–H and O–H groups in total. The Morgan fingerprint density at radius 3 is 2.30 bits per heavy atom. The molecule has 0 aromatic heterocycles. The van der Waals surface area contributed by atoms with Crippen molar-refractivity contribution < 1.29 is 32.7 Å². The first-order valence-corrected chi connectivity index (χ1v) is 3.36. The molecular formula is C9H18Y+. The van der Waals surface area contributed by atoms with Gasteiger partial charge in [0.05, 0.1) is 0 Å². The molecule has 0 aliphatic rings. The second kappa shape index (κ2) is 16.4. The van der Waals surface area contributed by atoms with E-state index in [1.54, 1.807) is 0 Å². The van der Waals surface area contributed by atoms with E-state index in [0.717, 1.165) is 6.42 Å². The van der Waals surface area contributed by atoms with Gasteiger partial charge in [-0.1, -0.05) is 25.8 Å². The Balaban J connectivity index is -0.000000245. The van der Waals surface area contributed by atoms with Crippen LogP contribution in [0.15, 0.2) is 12.2 Å². The Labute approximate surface area is 91.4 Å². The fraction of sp³-hybridized carbons (Fsp3) is 0.556. The Bertz CT molecular complexity index is 57.7. The second-order valence-corrected chi connectivity index (χ2v) is 1.90. The summed E-state index contributed by atoms with van der Waals surface area (Å²) in [5.74, 6) is 0. The predicted molar refractivity (Wildman–Crippen MR) is 45.1 cm³/mol. The van der Waals surface area contributed by atoms with Crippen molar-refractivity contribution in [3.05, 3.63) is 26.5 Å². The van der Waals surface area contributed by atoms with E-state index < -0.39 is 0 Å². The zero-order valence-electron chi connectivity index (χ0n) is 7.27. The van der Waals surface area contributed by atoms with Gasteiger partial charge in [-0.05, 0) is 6.42 Å². The maximum Gasteiger partial charge on any atom is 3.00 e. The van der Waals surface area contributed by atoms with Gasteiger partial charge in [0.1, 0.15) is 0 Å². The summed E-state index contributed by atoms with van der Waals surface area (Å²) >= 11 is 0. The second-order valence-electron chi connectivity index (χ2n) is 1.90. The Morgan fingerprint density at radius 2 is 1.90 bits per heavy atom. The minimum atomic E-state index is 0. The number of unbranched alkanes of at least 4 members (excludes halogenated alkanes) is 2. The molecule has 0 saturated heterocycles. The molecule has 10 heavy (non-hydrogen) atoms. The molecule has 0 rings (SSSR count). The Hall–Kier alpha value is 0.844. The van der Waals surface area contributed by atoms with Crippen LogP contribution in [0.1, 0.15) is 32.6 Å². The van der Waals surface area contributed by atoms with Crippen molar-refractivity contribution in [1.29, 1.82) is 0 Å². The summed E-state index contributed by atoms with van der Waals surface area (Å²) in [6, 6.07) is 0. The van der Waals surface area contributed by atoms with Gasteiger partial charge >= 0.3 is 32.7 Å². The van der Waals surface area contributed by atoms with Gasteiger partial charge in [0.25, 0.3) is 0 Å². The smallest absolute Gasteiger partial charge is 0.358 e. The summed E-state index contributed by atoms with van der Waals surface area (Å²) in [5.41, 5.74) is 0. The van der Waals surface area contributed by atoms with Crippen LogP contribution >= 0.6 is 0 Å². The topological polar surface area (TPSA) is 0 Å². The maximum atomic E-state index is 3.70. The van der Waals surface area contributed by atoms with Crippen LogP contribution in [0.2, 0.25) is 0 Å². The molecule has 0 aliphatic carbocycles. The minimum absolute atomic E-state index is 0. The Kier molecular flexibility index (Phi) is 28.1. The van der Waals surface area contributed by atoms with Crippen LogP contribution in [-0.4, -0.2) is 0 Å². The van der Waals surface area contributed by atoms with Crippen LogP contribution in [0, 0.1) is 14.4 Å². The van der Waals surface area contributed by atoms with Crippen LogP contribution in [0.4, 0.5) is 0 Å². The van der Waals surface area contributed by atoms with Crippen molar-refractivity contribution >= 4 is 0 Å². The first kappa shape index (κ1) is 17.1. The van der Waals surface area contributed by atoms with Crippen molar-refractivity contribution in [2.75, 3.05) is 0 Å². The van der Waals surface area contributed by atoms with E-state index in [0.29, 0.717) is 0 Å². The van der Waals surface area contributed by atoms with Gasteiger partial charge in [-0.15, -0.1) is 6.08 Å². The standard InChI is InChI=1S/C8H15.CH3.Y/c1-3-5-7-8-6-4-2;;/h5,7H,1,3-4,6,8H2,2H3;1H3;/q2*-1;+3/b7-5+;;. The Morgan fingerprint density at radius 1 is 1.30 bits per heavy atom. The van der Waals surface area contributed by atoms with Gasteiger partial charge in [-0.3, -0.25) is 0 Å². The summed E-state index contributed by atoms with van der Waals surface area (Å²) in [5, 5.41) is 0. The van der Waals surface area contributed by atoms with Crippen LogP contribution in [-0.2, 0) is 32.7 Å². The van der Waals surface area contributed by atoms with Crippen LogP contribution in [0.25, 0.3) is 0 Å². The summed E-state index contributed by atoms with van der Waals surface area (Å²) in [4.78, 5) is 0. The number of allylic oxidation sites excluding steroid dienone is 2. The van der Waals surface area contributed by atoms with Crippen molar-refractivity contribution in [3.8, 4) is 0 Å². The fourth-order valence-electron chi connectivity index (χ4n) is 0.558. The number of rotatable bonds is 4. The molecule has 0 aliphatic heterocycles. The molecule has 0 unspecified atom stereocenters. The van der Waals surface area contributed by atoms with Crippen molar-refractivity contribution in [2.45, 2.75) is 32.6 Å². The number of hydrogen-bond acceptors (Lipinski definition) is 0. The van der Waals surface area contributed by atoms with E-state index in [4.69, 9.17) is 0 Å². The molecule has 0 bridgehead atoms. The van der Waals surface area contributed by atoms with E-state index in [-0.39, 0.29) is 40.1 Å². The maximum absolute atomic E-state index is 3.70. The van der Waals surface area contributed by atoms with E-state index >= 15 is 0 Å². The molecule has 0 fully saturated rings. The molecule has 0 radical (unpaired) electrons. The van der Waals surface area contributed by atoms with Gasteiger partial charge < -0.3 is 14.4 Å². The third-order valence-electron chi connectivity index (χ3n) is 1.06. The summed E-state index contributed by atoms with van der Waals surface area (Å²) < 4.78 is 0. The van der Waals surface area contributed by atoms with Gasteiger partial charge in [0.15, 0.2) is 0 Å². The van der Waals surface area contributed by atoms with Gasteiger partial charge in [0.2, 0.25) is 0 Å². The molecule has 0 nitrogen and oxygen atoms in total. The SMILES string of the molecule is [CH2-]C/C=C/CCCC.[CH3-].[Y+3]. The molecule has 0 saturated carbocycles.